The maximum absolute atomic E-state index is 5.68. The Kier molecular flexibility index (Phi) is 4.84. The van der Waals surface area contributed by atoms with Gasteiger partial charge >= 0.3 is 0 Å². The molecule has 2 aromatic heterocycles. The standard InChI is InChI=1S/C14H20N6/c1-20(9-6-12-4-2-3-8-17-12)13-11(5-7-15)10-18-14(16)19-13/h2-4,8,10H,5-7,9,15H2,1H3,(H2,16,18,19). The first-order valence-corrected chi connectivity index (χ1v) is 6.63. The number of rotatable bonds is 6. The van der Waals surface area contributed by atoms with Crippen molar-refractivity contribution in [3.05, 3.63) is 41.9 Å². The SMILES string of the molecule is CN(CCc1ccccn1)c1nc(N)ncc1CCN. The highest BCUT2D eigenvalue weighted by molar-refractivity contribution is 5.48. The number of nitrogens with zero attached hydrogens (tertiary/aromatic N) is 4. The summed E-state index contributed by atoms with van der Waals surface area (Å²) in [7, 11) is 1.99. The molecule has 0 aliphatic rings. The number of hydrogen-bond donors (Lipinski definition) is 2. The van der Waals surface area contributed by atoms with Crippen LogP contribution in [0.5, 0.6) is 0 Å². The fourth-order valence-electron chi connectivity index (χ4n) is 2.01. The molecular formula is C14H20N6. The van der Waals surface area contributed by atoms with Crippen LogP contribution in [0.4, 0.5) is 11.8 Å². The molecule has 6 nitrogen and oxygen atoms in total. The van der Waals surface area contributed by atoms with E-state index < -0.39 is 0 Å². The van der Waals surface area contributed by atoms with Crippen LogP contribution in [0.3, 0.4) is 0 Å². The molecule has 4 N–H and O–H groups in total. The van der Waals surface area contributed by atoms with Crippen molar-refractivity contribution in [3.8, 4) is 0 Å². The van der Waals surface area contributed by atoms with E-state index in [0.717, 1.165) is 36.5 Å². The third-order valence-electron chi connectivity index (χ3n) is 3.07. The molecule has 0 saturated heterocycles. The minimum atomic E-state index is 0.283. The summed E-state index contributed by atoms with van der Waals surface area (Å²) in [5.74, 6) is 1.13. The molecule has 0 amide bonds. The second-order valence-electron chi connectivity index (χ2n) is 4.61. The van der Waals surface area contributed by atoms with Crippen molar-refractivity contribution in [2.45, 2.75) is 12.8 Å². The molecule has 20 heavy (non-hydrogen) atoms. The Hall–Kier alpha value is -2.21. The summed E-state index contributed by atoms with van der Waals surface area (Å²) in [6.07, 6.45) is 5.15. The molecule has 0 fully saturated rings. The van der Waals surface area contributed by atoms with Gasteiger partial charge in [0.25, 0.3) is 0 Å². The van der Waals surface area contributed by atoms with Gasteiger partial charge in [-0.25, -0.2) is 4.98 Å². The number of likely N-dealkylation sites (N-methyl/N-ethyl adjacent to an activating group) is 1. The number of aromatic nitrogens is 3. The van der Waals surface area contributed by atoms with E-state index in [-0.39, 0.29) is 5.95 Å². The molecule has 0 radical (unpaired) electrons. The van der Waals surface area contributed by atoms with E-state index in [1.54, 1.807) is 12.4 Å². The molecule has 106 valence electrons. The predicted octanol–water partition coefficient (Wildman–Crippen LogP) is 0.634. The van der Waals surface area contributed by atoms with Crippen LogP contribution in [-0.2, 0) is 12.8 Å². The van der Waals surface area contributed by atoms with Crippen molar-refractivity contribution < 1.29 is 0 Å². The Morgan fingerprint density at radius 2 is 2.05 bits per heavy atom. The van der Waals surface area contributed by atoms with Gasteiger partial charge in [-0.3, -0.25) is 4.98 Å². The van der Waals surface area contributed by atoms with Gasteiger partial charge < -0.3 is 16.4 Å². The molecule has 0 bridgehead atoms. The van der Waals surface area contributed by atoms with Crippen LogP contribution in [0.15, 0.2) is 30.6 Å². The minimum Gasteiger partial charge on any atom is -0.368 e. The van der Waals surface area contributed by atoms with Gasteiger partial charge in [-0.2, -0.15) is 4.98 Å². The van der Waals surface area contributed by atoms with Gasteiger partial charge in [0.15, 0.2) is 0 Å². The largest absolute Gasteiger partial charge is 0.368 e. The van der Waals surface area contributed by atoms with Crippen LogP contribution in [0, 0.1) is 0 Å². The number of nitrogen functional groups attached to an aromatic ring is 1. The molecule has 0 aliphatic heterocycles. The molecule has 0 unspecified atom stereocenters. The number of anilines is 2. The van der Waals surface area contributed by atoms with E-state index in [4.69, 9.17) is 11.5 Å². The highest BCUT2D eigenvalue weighted by Crippen LogP contribution is 2.17. The van der Waals surface area contributed by atoms with Gasteiger partial charge in [0, 0.05) is 43.7 Å². The highest BCUT2D eigenvalue weighted by Gasteiger charge is 2.10. The quantitative estimate of drug-likeness (QED) is 0.801. The molecule has 0 atom stereocenters. The third kappa shape index (κ3) is 3.64. The van der Waals surface area contributed by atoms with Gasteiger partial charge in [0.1, 0.15) is 5.82 Å². The molecule has 0 aromatic carbocycles. The summed E-state index contributed by atoms with van der Waals surface area (Å²) >= 11 is 0. The zero-order valence-electron chi connectivity index (χ0n) is 11.7. The maximum atomic E-state index is 5.68. The van der Waals surface area contributed by atoms with Crippen molar-refractivity contribution in [3.63, 3.8) is 0 Å². The summed E-state index contributed by atoms with van der Waals surface area (Å²) in [6.45, 7) is 1.37. The second kappa shape index (κ2) is 6.81. The van der Waals surface area contributed by atoms with E-state index in [1.165, 1.54) is 0 Å². The minimum absolute atomic E-state index is 0.283. The van der Waals surface area contributed by atoms with Gasteiger partial charge in [-0.15, -0.1) is 0 Å². The molecular weight excluding hydrogens is 252 g/mol. The molecule has 0 aliphatic carbocycles. The fraction of sp³-hybridized carbons (Fsp3) is 0.357. The molecule has 6 heteroatoms. The first kappa shape index (κ1) is 14.2. The number of hydrogen-bond acceptors (Lipinski definition) is 6. The van der Waals surface area contributed by atoms with Crippen LogP contribution in [-0.4, -0.2) is 35.1 Å². The van der Waals surface area contributed by atoms with Crippen LogP contribution in [0.2, 0.25) is 0 Å². The first-order chi connectivity index (χ1) is 9.70. The van der Waals surface area contributed by atoms with Gasteiger partial charge in [0.05, 0.1) is 0 Å². The topological polar surface area (TPSA) is 94.0 Å². The predicted molar refractivity (Wildman–Crippen MR) is 80.4 cm³/mol. The van der Waals surface area contributed by atoms with E-state index >= 15 is 0 Å². The second-order valence-corrected chi connectivity index (χ2v) is 4.61. The van der Waals surface area contributed by atoms with Crippen LogP contribution in [0.25, 0.3) is 0 Å². The van der Waals surface area contributed by atoms with Crippen molar-refractivity contribution >= 4 is 11.8 Å². The number of nitrogens with two attached hydrogens (primary N) is 2. The van der Waals surface area contributed by atoms with E-state index in [0.29, 0.717) is 6.54 Å². The molecule has 2 heterocycles. The van der Waals surface area contributed by atoms with Gasteiger partial charge in [-0.05, 0) is 25.1 Å². The lowest BCUT2D eigenvalue weighted by Gasteiger charge is -2.21. The summed E-state index contributed by atoms with van der Waals surface area (Å²) in [4.78, 5) is 14.7. The van der Waals surface area contributed by atoms with Crippen molar-refractivity contribution in [1.82, 2.24) is 15.0 Å². The normalized spacial score (nSPS) is 10.5. The van der Waals surface area contributed by atoms with E-state index in [9.17, 15) is 0 Å². The first-order valence-electron chi connectivity index (χ1n) is 6.63. The lowest BCUT2D eigenvalue weighted by molar-refractivity contribution is 0.821. The maximum Gasteiger partial charge on any atom is 0.221 e. The van der Waals surface area contributed by atoms with Crippen LogP contribution in [0.1, 0.15) is 11.3 Å². The Morgan fingerprint density at radius 1 is 1.20 bits per heavy atom. The van der Waals surface area contributed by atoms with E-state index in [2.05, 4.69) is 19.9 Å². The van der Waals surface area contributed by atoms with Crippen molar-refractivity contribution in [2.75, 3.05) is 30.8 Å². The zero-order chi connectivity index (χ0) is 14.4. The van der Waals surface area contributed by atoms with Crippen molar-refractivity contribution in [2.24, 2.45) is 5.73 Å². The summed E-state index contributed by atoms with van der Waals surface area (Å²) < 4.78 is 0. The Balaban J connectivity index is 2.08. The third-order valence-corrected chi connectivity index (χ3v) is 3.07. The smallest absolute Gasteiger partial charge is 0.221 e. The number of pyridine rings is 1. The molecule has 2 rings (SSSR count). The van der Waals surface area contributed by atoms with Gasteiger partial charge in [0.2, 0.25) is 5.95 Å². The average molecular weight is 272 g/mol. The van der Waals surface area contributed by atoms with Crippen molar-refractivity contribution in [1.29, 1.82) is 0 Å². The summed E-state index contributed by atoms with van der Waals surface area (Å²) in [6, 6.07) is 5.92. The Morgan fingerprint density at radius 3 is 2.75 bits per heavy atom. The van der Waals surface area contributed by atoms with Crippen LogP contribution < -0.4 is 16.4 Å². The Bertz CT molecular complexity index is 543. The lowest BCUT2D eigenvalue weighted by atomic mass is 10.2. The van der Waals surface area contributed by atoms with Crippen LogP contribution >= 0.6 is 0 Å². The monoisotopic (exact) mass is 272 g/mol. The summed E-state index contributed by atoms with van der Waals surface area (Å²) in [5, 5.41) is 0. The fourth-order valence-corrected chi connectivity index (χ4v) is 2.01. The molecule has 0 saturated carbocycles. The lowest BCUT2D eigenvalue weighted by Crippen LogP contribution is -2.24. The highest BCUT2D eigenvalue weighted by atomic mass is 15.2. The zero-order valence-corrected chi connectivity index (χ0v) is 11.7. The van der Waals surface area contributed by atoms with E-state index in [1.807, 2.05) is 25.2 Å². The molecule has 2 aromatic rings. The van der Waals surface area contributed by atoms with Gasteiger partial charge in [-0.1, -0.05) is 6.07 Å². The summed E-state index contributed by atoms with van der Waals surface area (Å²) in [5.41, 5.74) is 13.4. The average Bonchev–Trinajstić information content (AvgIpc) is 2.48. The Labute approximate surface area is 118 Å². The molecule has 0 spiro atoms.